The fourth-order valence-corrected chi connectivity index (χ4v) is 4.72. The molecule has 4 rings (SSSR count). The molecule has 1 amide bonds. The summed E-state index contributed by atoms with van der Waals surface area (Å²) in [5.41, 5.74) is 2.84. The van der Waals surface area contributed by atoms with E-state index in [1.165, 1.54) is 11.8 Å². The number of thioether (sulfide) groups is 1. The smallest absolute Gasteiger partial charge is 0.234 e. The summed E-state index contributed by atoms with van der Waals surface area (Å²) >= 11 is 1.35. The standard InChI is InChI=1S/C24H29N5O3S/c1-17-12-28(13-18(2)32-17)14-19-6-4-5-7-22(19)26-23(30)15-33-24-27-25-16-29(24)20-8-10-21(31-3)11-9-20/h4-11,16-18H,12-15H2,1-3H3,(H,26,30). The zero-order chi connectivity index (χ0) is 23.2. The van der Waals surface area contributed by atoms with Gasteiger partial charge in [0.2, 0.25) is 5.91 Å². The van der Waals surface area contributed by atoms with Crippen molar-refractivity contribution < 1.29 is 14.3 Å². The van der Waals surface area contributed by atoms with Crippen LogP contribution in [0, 0.1) is 0 Å². The lowest BCUT2D eigenvalue weighted by Gasteiger charge is -2.35. The molecule has 0 bridgehead atoms. The van der Waals surface area contributed by atoms with E-state index in [1.54, 1.807) is 13.4 Å². The van der Waals surface area contributed by atoms with E-state index in [1.807, 2.05) is 47.0 Å². The number of ether oxygens (including phenoxy) is 2. The second-order valence-electron chi connectivity index (χ2n) is 8.13. The van der Waals surface area contributed by atoms with Gasteiger partial charge in [0.1, 0.15) is 12.1 Å². The molecule has 1 N–H and O–H groups in total. The van der Waals surface area contributed by atoms with Crippen molar-refractivity contribution in [1.29, 1.82) is 0 Å². The minimum absolute atomic E-state index is 0.0829. The molecule has 33 heavy (non-hydrogen) atoms. The van der Waals surface area contributed by atoms with E-state index in [9.17, 15) is 4.79 Å². The molecule has 1 aliphatic heterocycles. The third-order valence-electron chi connectivity index (χ3n) is 5.38. The van der Waals surface area contributed by atoms with Crippen molar-refractivity contribution in [2.45, 2.75) is 37.8 Å². The molecule has 1 saturated heterocycles. The molecule has 2 unspecified atom stereocenters. The number of methoxy groups -OCH3 is 1. The third kappa shape index (κ3) is 6.13. The number of anilines is 1. The van der Waals surface area contributed by atoms with Crippen LogP contribution < -0.4 is 10.1 Å². The first-order chi connectivity index (χ1) is 16.0. The van der Waals surface area contributed by atoms with Crippen LogP contribution in [-0.2, 0) is 16.1 Å². The maximum Gasteiger partial charge on any atom is 0.234 e. The monoisotopic (exact) mass is 467 g/mol. The van der Waals surface area contributed by atoms with Crippen LogP contribution in [0.4, 0.5) is 5.69 Å². The number of morpholine rings is 1. The quantitative estimate of drug-likeness (QED) is 0.507. The van der Waals surface area contributed by atoms with Gasteiger partial charge in [0.15, 0.2) is 5.16 Å². The number of aromatic nitrogens is 3. The maximum absolute atomic E-state index is 12.7. The van der Waals surface area contributed by atoms with Gasteiger partial charge < -0.3 is 14.8 Å². The number of carbonyl (C=O) groups is 1. The van der Waals surface area contributed by atoms with Crippen molar-refractivity contribution in [1.82, 2.24) is 19.7 Å². The first-order valence-corrected chi connectivity index (χ1v) is 11.9. The highest BCUT2D eigenvalue weighted by Gasteiger charge is 2.23. The van der Waals surface area contributed by atoms with Gasteiger partial charge in [0.05, 0.1) is 25.1 Å². The van der Waals surface area contributed by atoms with Gasteiger partial charge in [-0.25, -0.2) is 0 Å². The molecule has 8 nitrogen and oxygen atoms in total. The second-order valence-corrected chi connectivity index (χ2v) is 9.07. The van der Waals surface area contributed by atoms with E-state index in [0.717, 1.165) is 42.3 Å². The van der Waals surface area contributed by atoms with Crippen LogP contribution in [0.3, 0.4) is 0 Å². The zero-order valence-electron chi connectivity index (χ0n) is 19.1. The number of rotatable bonds is 8. The first-order valence-electron chi connectivity index (χ1n) is 10.9. The normalized spacial score (nSPS) is 18.8. The van der Waals surface area contributed by atoms with Crippen molar-refractivity contribution >= 4 is 23.4 Å². The van der Waals surface area contributed by atoms with Gasteiger partial charge in [-0.2, -0.15) is 0 Å². The molecule has 9 heteroatoms. The topological polar surface area (TPSA) is 81.5 Å². The van der Waals surface area contributed by atoms with Crippen LogP contribution in [0.1, 0.15) is 19.4 Å². The molecule has 174 valence electrons. The molecule has 2 heterocycles. The van der Waals surface area contributed by atoms with Crippen LogP contribution in [0.5, 0.6) is 5.75 Å². The fraction of sp³-hybridized carbons (Fsp3) is 0.375. The Morgan fingerprint density at radius 1 is 1.15 bits per heavy atom. The Balaban J connectivity index is 1.37. The summed E-state index contributed by atoms with van der Waals surface area (Å²) in [6.07, 6.45) is 2.05. The lowest BCUT2D eigenvalue weighted by molar-refractivity contribution is -0.113. The summed E-state index contributed by atoms with van der Waals surface area (Å²) in [7, 11) is 1.63. The van der Waals surface area contributed by atoms with Crippen molar-refractivity contribution in [3.63, 3.8) is 0 Å². The molecular formula is C24H29N5O3S. The Kier molecular flexibility index (Phi) is 7.64. The van der Waals surface area contributed by atoms with Gasteiger partial charge in [0, 0.05) is 31.0 Å². The summed E-state index contributed by atoms with van der Waals surface area (Å²) < 4.78 is 12.9. The number of carbonyl (C=O) groups excluding carboxylic acids is 1. The predicted octanol–water partition coefficient (Wildman–Crippen LogP) is 3.62. The first kappa shape index (κ1) is 23.3. The van der Waals surface area contributed by atoms with E-state index in [0.29, 0.717) is 5.16 Å². The highest BCUT2D eigenvalue weighted by atomic mass is 32.2. The van der Waals surface area contributed by atoms with Gasteiger partial charge in [-0.05, 0) is 49.7 Å². The molecule has 2 aromatic carbocycles. The lowest BCUT2D eigenvalue weighted by atomic mass is 10.1. The van der Waals surface area contributed by atoms with Gasteiger partial charge in [-0.1, -0.05) is 30.0 Å². The lowest BCUT2D eigenvalue weighted by Crippen LogP contribution is -2.44. The number of nitrogens with zero attached hydrogens (tertiary/aromatic N) is 4. The molecule has 1 fully saturated rings. The number of hydrogen-bond acceptors (Lipinski definition) is 7. The Morgan fingerprint density at radius 3 is 2.61 bits per heavy atom. The summed E-state index contributed by atoms with van der Waals surface area (Å²) in [5.74, 6) is 0.926. The molecule has 1 aliphatic rings. The summed E-state index contributed by atoms with van der Waals surface area (Å²) in [4.78, 5) is 15.1. The number of nitrogens with one attached hydrogen (secondary N) is 1. The Labute approximate surface area is 198 Å². The highest BCUT2D eigenvalue weighted by Crippen LogP contribution is 2.23. The SMILES string of the molecule is COc1ccc(-n2cnnc2SCC(=O)Nc2ccccc2CN2CC(C)OC(C)C2)cc1. The third-order valence-corrected chi connectivity index (χ3v) is 6.32. The minimum Gasteiger partial charge on any atom is -0.497 e. The van der Waals surface area contributed by atoms with Crippen LogP contribution in [0.2, 0.25) is 0 Å². The molecule has 3 aromatic rings. The van der Waals surface area contributed by atoms with Gasteiger partial charge in [-0.15, -0.1) is 10.2 Å². The number of hydrogen-bond donors (Lipinski definition) is 1. The molecule has 0 radical (unpaired) electrons. The number of benzene rings is 2. The van der Waals surface area contributed by atoms with Crippen molar-refractivity contribution in [3.8, 4) is 11.4 Å². The van der Waals surface area contributed by atoms with E-state index in [2.05, 4.69) is 40.3 Å². The van der Waals surface area contributed by atoms with E-state index >= 15 is 0 Å². The summed E-state index contributed by atoms with van der Waals surface area (Å²) in [6.45, 7) is 6.72. The Hall–Kier alpha value is -2.88. The fourth-order valence-electron chi connectivity index (χ4n) is 3.99. The van der Waals surface area contributed by atoms with Crippen LogP contribution in [0.15, 0.2) is 60.0 Å². The molecule has 0 aliphatic carbocycles. The van der Waals surface area contributed by atoms with Crippen LogP contribution in [-0.4, -0.2) is 63.7 Å². The molecule has 1 aromatic heterocycles. The largest absolute Gasteiger partial charge is 0.497 e. The van der Waals surface area contributed by atoms with E-state index < -0.39 is 0 Å². The minimum atomic E-state index is -0.0829. The molecular weight excluding hydrogens is 438 g/mol. The number of para-hydroxylation sites is 1. The van der Waals surface area contributed by atoms with E-state index in [-0.39, 0.29) is 23.9 Å². The maximum atomic E-state index is 12.7. The van der Waals surface area contributed by atoms with E-state index in [4.69, 9.17) is 9.47 Å². The molecule has 0 spiro atoms. The van der Waals surface area contributed by atoms with Crippen LogP contribution in [0.25, 0.3) is 5.69 Å². The van der Waals surface area contributed by atoms with Crippen LogP contribution >= 0.6 is 11.8 Å². The average molecular weight is 468 g/mol. The van der Waals surface area contributed by atoms with Crippen molar-refractivity contribution in [3.05, 3.63) is 60.4 Å². The van der Waals surface area contributed by atoms with Gasteiger partial charge in [0.25, 0.3) is 0 Å². The van der Waals surface area contributed by atoms with Crippen molar-refractivity contribution in [2.75, 3.05) is 31.3 Å². The predicted molar refractivity (Wildman–Crippen MR) is 129 cm³/mol. The highest BCUT2D eigenvalue weighted by molar-refractivity contribution is 7.99. The second kappa shape index (κ2) is 10.8. The zero-order valence-corrected chi connectivity index (χ0v) is 19.9. The van der Waals surface area contributed by atoms with Crippen molar-refractivity contribution in [2.24, 2.45) is 0 Å². The molecule has 2 atom stereocenters. The van der Waals surface area contributed by atoms with Gasteiger partial charge >= 0.3 is 0 Å². The Morgan fingerprint density at radius 2 is 1.88 bits per heavy atom. The number of amides is 1. The summed E-state index contributed by atoms with van der Waals surface area (Å²) in [6, 6.07) is 15.6. The average Bonchev–Trinajstić information content (AvgIpc) is 3.27. The molecule has 0 saturated carbocycles. The van der Waals surface area contributed by atoms with Gasteiger partial charge in [-0.3, -0.25) is 14.3 Å². The Bertz CT molecular complexity index is 1060. The summed E-state index contributed by atoms with van der Waals surface area (Å²) in [5, 5.41) is 11.9.